The highest BCUT2D eigenvalue weighted by Crippen LogP contribution is 2.13. The Balaban J connectivity index is 1.69. The van der Waals surface area contributed by atoms with E-state index in [1.807, 2.05) is 31.2 Å². The molecule has 7 heteroatoms. The standard InChI is InChI=1S/C16H17N5O2/c1-2-23-13-5-3-4-11(8-13)10-18-15(22)12-6-7-21-14(9-12)19-16(17)20-21/h3-9H,2,10H2,1H3,(H2,17,20)(H,18,22). The number of carbonyl (C=O) groups is 1. The third-order valence-corrected chi connectivity index (χ3v) is 3.28. The molecule has 0 aliphatic rings. The van der Waals surface area contributed by atoms with Crippen molar-refractivity contribution in [3.8, 4) is 5.75 Å². The van der Waals surface area contributed by atoms with E-state index in [0.29, 0.717) is 24.4 Å². The molecule has 3 N–H and O–H groups in total. The van der Waals surface area contributed by atoms with Crippen molar-refractivity contribution in [3.05, 3.63) is 53.7 Å². The van der Waals surface area contributed by atoms with Crippen LogP contribution in [0.3, 0.4) is 0 Å². The number of hydrogen-bond acceptors (Lipinski definition) is 5. The van der Waals surface area contributed by atoms with Crippen LogP contribution >= 0.6 is 0 Å². The predicted octanol–water partition coefficient (Wildman–Crippen LogP) is 1.64. The molecule has 1 aromatic carbocycles. The maximum Gasteiger partial charge on any atom is 0.251 e. The fourth-order valence-corrected chi connectivity index (χ4v) is 2.24. The number of nitrogens with one attached hydrogen (secondary N) is 1. The van der Waals surface area contributed by atoms with E-state index in [-0.39, 0.29) is 11.9 Å². The van der Waals surface area contributed by atoms with Gasteiger partial charge in [-0.15, -0.1) is 5.10 Å². The Hall–Kier alpha value is -3.09. The lowest BCUT2D eigenvalue weighted by Gasteiger charge is -2.08. The Morgan fingerprint density at radius 1 is 1.35 bits per heavy atom. The molecule has 0 fully saturated rings. The average molecular weight is 311 g/mol. The first-order valence-corrected chi connectivity index (χ1v) is 7.27. The molecule has 0 aliphatic carbocycles. The summed E-state index contributed by atoms with van der Waals surface area (Å²) >= 11 is 0. The van der Waals surface area contributed by atoms with Crippen LogP contribution in [0.25, 0.3) is 5.65 Å². The minimum absolute atomic E-state index is 0.176. The molecule has 0 bridgehead atoms. The molecule has 2 aromatic heterocycles. The van der Waals surface area contributed by atoms with Crippen LogP contribution < -0.4 is 15.8 Å². The van der Waals surface area contributed by atoms with Gasteiger partial charge >= 0.3 is 0 Å². The van der Waals surface area contributed by atoms with Crippen LogP contribution in [0.5, 0.6) is 5.75 Å². The summed E-state index contributed by atoms with van der Waals surface area (Å²) in [6, 6.07) is 11.0. The molecule has 1 amide bonds. The smallest absolute Gasteiger partial charge is 0.251 e. The second kappa shape index (κ2) is 6.35. The number of anilines is 1. The summed E-state index contributed by atoms with van der Waals surface area (Å²) in [5, 5.41) is 6.84. The minimum Gasteiger partial charge on any atom is -0.494 e. The van der Waals surface area contributed by atoms with Crippen molar-refractivity contribution in [3.63, 3.8) is 0 Å². The van der Waals surface area contributed by atoms with Gasteiger partial charge < -0.3 is 15.8 Å². The molecule has 0 atom stereocenters. The van der Waals surface area contributed by atoms with Crippen LogP contribution in [0.2, 0.25) is 0 Å². The van der Waals surface area contributed by atoms with Crippen LogP contribution in [0.4, 0.5) is 5.95 Å². The molecule has 3 rings (SSSR count). The molecule has 23 heavy (non-hydrogen) atoms. The van der Waals surface area contributed by atoms with Crippen molar-refractivity contribution in [2.45, 2.75) is 13.5 Å². The average Bonchev–Trinajstić information content (AvgIpc) is 2.92. The first-order chi connectivity index (χ1) is 11.2. The predicted molar refractivity (Wildman–Crippen MR) is 86.2 cm³/mol. The van der Waals surface area contributed by atoms with Gasteiger partial charge in [-0.25, -0.2) is 4.52 Å². The number of nitrogen functional groups attached to an aromatic ring is 1. The number of benzene rings is 1. The van der Waals surface area contributed by atoms with E-state index in [0.717, 1.165) is 11.3 Å². The highest BCUT2D eigenvalue weighted by atomic mass is 16.5. The van der Waals surface area contributed by atoms with Gasteiger partial charge in [-0.05, 0) is 36.8 Å². The molecule has 0 spiro atoms. The Kier molecular flexibility index (Phi) is 4.09. The van der Waals surface area contributed by atoms with Crippen LogP contribution in [0.1, 0.15) is 22.8 Å². The molecule has 0 radical (unpaired) electrons. The number of nitrogens with two attached hydrogens (primary N) is 1. The molecule has 0 saturated heterocycles. The van der Waals surface area contributed by atoms with Crippen molar-refractivity contribution in [1.29, 1.82) is 0 Å². The zero-order valence-electron chi connectivity index (χ0n) is 12.7. The van der Waals surface area contributed by atoms with Gasteiger partial charge in [0.2, 0.25) is 5.95 Å². The number of fused-ring (bicyclic) bond motifs is 1. The van der Waals surface area contributed by atoms with Crippen molar-refractivity contribution in [1.82, 2.24) is 19.9 Å². The molecule has 0 aliphatic heterocycles. The lowest BCUT2D eigenvalue weighted by molar-refractivity contribution is 0.0951. The summed E-state index contributed by atoms with van der Waals surface area (Å²) in [7, 11) is 0. The number of rotatable bonds is 5. The maximum atomic E-state index is 12.2. The third-order valence-electron chi connectivity index (χ3n) is 3.28. The first-order valence-electron chi connectivity index (χ1n) is 7.27. The van der Waals surface area contributed by atoms with E-state index in [1.54, 1.807) is 18.3 Å². The summed E-state index contributed by atoms with van der Waals surface area (Å²) < 4.78 is 6.97. The third kappa shape index (κ3) is 3.39. The van der Waals surface area contributed by atoms with E-state index >= 15 is 0 Å². The summed E-state index contributed by atoms with van der Waals surface area (Å²) in [6.45, 7) is 2.96. The summed E-state index contributed by atoms with van der Waals surface area (Å²) in [5.41, 5.74) is 7.55. The van der Waals surface area contributed by atoms with Gasteiger partial charge in [0.1, 0.15) is 5.75 Å². The zero-order chi connectivity index (χ0) is 16.2. The van der Waals surface area contributed by atoms with E-state index in [2.05, 4.69) is 15.4 Å². The lowest BCUT2D eigenvalue weighted by Crippen LogP contribution is -2.22. The molecule has 2 heterocycles. The van der Waals surface area contributed by atoms with E-state index in [9.17, 15) is 4.79 Å². The van der Waals surface area contributed by atoms with Crippen molar-refractivity contribution in [2.75, 3.05) is 12.3 Å². The van der Waals surface area contributed by atoms with Crippen LogP contribution in [-0.2, 0) is 6.54 Å². The molecule has 3 aromatic rings. The Labute approximate surface area is 133 Å². The molecule has 0 saturated carbocycles. The minimum atomic E-state index is -0.184. The molecule has 7 nitrogen and oxygen atoms in total. The Morgan fingerprint density at radius 3 is 3.04 bits per heavy atom. The van der Waals surface area contributed by atoms with Crippen LogP contribution in [0.15, 0.2) is 42.6 Å². The van der Waals surface area contributed by atoms with Crippen molar-refractivity contribution in [2.24, 2.45) is 0 Å². The maximum absolute atomic E-state index is 12.2. The second-order valence-electron chi connectivity index (χ2n) is 4.95. The van der Waals surface area contributed by atoms with Gasteiger partial charge in [0.05, 0.1) is 6.61 Å². The normalized spacial score (nSPS) is 10.7. The summed E-state index contributed by atoms with van der Waals surface area (Å²) in [6.07, 6.45) is 1.66. The number of pyridine rings is 1. The van der Waals surface area contributed by atoms with Crippen molar-refractivity contribution < 1.29 is 9.53 Å². The quantitative estimate of drug-likeness (QED) is 0.747. The topological polar surface area (TPSA) is 94.5 Å². The van der Waals surface area contributed by atoms with E-state index in [1.165, 1.54) is 4.52 Å². The highest BCUT2D eigenvalue weighted by molar-refractivity contribution is 5.94. The molecular formula is C16H17N5O2. The molecule has 118 valence electrons. The second-order valence-corrected chi connectivity index (χ2v) is 4.95. The van der Waals surface area contributed by atoms with Gasteiger partial charge in [0, 0.05) is 18.3 Å². The van der Waals surface area contributed by atoms with Gasteiger partial charge in [-0.2, -0.15) is 4.98 Å². The van der Waals surface area contributed by atoms with Crippen LogP contribution in [0, 0.1) is 0 Å². The number of carbonyl (C=O) groups excluding carboxylic acids is 1. The largest absolute Gasteiger partial charge is 0.494 e. The van der Waals surface area contributed by atoms with Gasteiger partial charge in [0.15, 0.2) is 5.65 Å². The fourth-order valence-electron chi connectivity index (χ4n) is 2.24. The lowest BCUT2D eigenvalue weighted by atomic mass is 10.2. The van der Waals surface area contributed by atoms with Crippen LogP contribution in [-0.4, -0.2) is 27.1 Å². The van der Waals surface area contributed by atoms with Gasteiger partial charge in [-0.1, -0.05) is 12.1 Å². The number of aromatic nitrogens is 3. The zero-order valence-corrected chi connectivity index (χ0v) is 12.7. The number of amides is 1. The highest BCUT2D eigenvalue weighted by Gasteiger charge is 2.08. The molecule has 0 unspecified atom stereocenters. The Bertz CT molecular complexity index is 843. The van der Waals surface area contributed by atoms with Crippen molar-refractivity contribution >= 4 is 17.5 Å². The Morgan fingerprint density at radius 2 is 2.22 bits per heavy atom. The van der Waals surface area contributed by atoms with E-state index in [4.69, 9.17) is 10.5 Å². The van der Waals surface area contributed by atoms with Gasteiger partial charge in [-0.3, -0.25) is 4.79 Å². The summed E-state index contributed by atoms with van der Waals surface area (Å²) in [5.74, 6) is 0.783. The van der Waals surface area contributed by atoms with E-state index < -0.39 is 0 Å². The molecular weight excluding hydrogens is 294 g/mol. The monoisotopic (exact) mass is 311 g/mol. The SMILES string of the molecule is CCOc1cccc(CNC(=O)c2ccn3nc(N)nc3c2)c1. The summed E-state index contributed by atoms with van der Waals surface area (Å²) in [4.78, 5) is 16.3. The fraction of sp³-hybridized carbons (Fsp3) is 0.188. The number of nitrogens with zero attached hydrogens (tertiary/aromatic N) is 3. The first kappa shape index (κ1) is 14.8. The number of hydrogen-bond donors (Lipinski definition) is 2. The number of ether oxygens (including phenoxy) is 1. The van der Waals surface area contributed by atoms with Gasteiger partial charge in [0.25, 0.3) is 5.91 Å².